The van der Waals surface area contributed by atoms with Crippen molar-refractivity contribution in [3.05, 3.63) is 53.3 Å². The largest absolute Gasteiger partial charge is 0.367 e. The molecule has 0 N–H and O–H groups in total. The Morgan fingerprint density at radius 3 is 2.48 bits per heavy atom. The molecule has 2 aliphatic heterocycles. The fourth-order valence-electron chi connectivity index (χ4n) is 3.95. The first-order chi connectivity index (χ1) is 15.1. The second-order valence-corrected chi connectivity index (χ2v) is 8.35. The maximum Gasteiger partial charge on any atom is 0.229 e. The standard InChI is InChI=1S/C20H20Cl2N8O/c21-15-2-1-3-16(19(15)22)27-4-6-28(7-5-27)20(31)14-9-29(10-14)17-8-18(25-12-24-17)30-13-23-11-26-30/h1-3,8,11-14H,4-7,9-10H2. The van der Waals surface area contributed by atoms with Crippen molar-refractivity contribution in [3.8, 4) is 5.82 Å². The number of rotatable bonds is 4. The van der Waals surface area contributed by atoms with Gasteiger partial charge in [0.25, 0.3) is 0 Å². The minimum absolute atomic E-state index is 0.0221. The summed E-state index contributed by atoms with van der Waals surface area (Å²) in [6.07, 6.45) is 4.55. The summed E-state index contributed by atoms with van der Waals surface area (Å²) in [6, 6.07) is 7.49. The van der Waals surface area contributed by atoms with E-state index in [1.165, 1.54) is 12.7 Å². The zero-order chi connectivity index (χ0) is 21.4. The van der Waals surface area contributed by atoms with Crippen LogP contribution in [-0.2, 0) is 4.79 Å². The van der Waals surface area contributed by atoms with Gasteiger partial charge in [0.2, 0.25) is 5.91 Å². The highest BCUT2D eigenvalue weighted by molar-refractivity contribution is 6.43. The predicted octanol–water partition coefficient (Wildman–Crippen LogP) is 2.15. The molecule has 5 rings (SSSR count). The van der Waals surface area contributed by atoms with Crippen LogP contribution in [0.4, 0.5) is 11.5 Å². The molecule has 0 atom stereocenters. The number of hydrogen-bond acceptors (Lipinski definition) is 7. The van der Waals surface area contributed by atoms with E-state index >= 15 is 0 Å². The third-order valence-corrected chi connectivity index (χ3v) is 6.52. The van der Waals surface area contributed by atoms with Crippen molar-refractivity contribution in [2.45, 2.75) is 0 Å². The van der Waals surface area contributed by atoms with Crippen LogP contribution < -0.4 is 9.80 Å². The van der Waals surface area contributed by atoms with E-state index in [2.05, 4.69) is 29.9 Å². The molecule has 160 valence electrons. The van der Waals surface area contributed by atoms with E-state index in [4.69, 9.17) is 23.2 Å². The highest BCUT2D eigenvalue weighted by atomic mass is 35.5. The molecule has 2 aliphatic rings. The molecular weight excluding hydrogens is 439 g/mol. The van der Waals surface area contributed by atoms with Gasteiger partial charge in [-0.05, 0) is 12.1 Å². The van der Waals surface area contributed by atoms with Crippen LogP contribution in [0, 0.1) is 5.92 Å². The van der Waals surface area contributed by atoms with E-state index in [-0.39, 0.29) is 11.8 Å². The number of anilines is 2. The van der Waals surface area contributed by atoms with E-state index in [0.29, 0.717) is 42.0 Å². The van der Waals surface area contributed by atoms with Crippen LogP contribution in [0.3, 0.4) is 0 Å². The Morgan fingerprint density at radius 1 is 0.968 bits per heavy atom. The van der Waals surface area contributed by atoms with E-state index in [1.54, 1.807) is 17.1 Å². The van der Waals surface area contributed by atoms with Gasteiger partial charge in [-0.1, -0.05) is 29.3 Å². The highest BCUT2D eigenvalue weighted by Gasteiger charge is 2.37. The molecule has 0 spiro atoms. The quantitative estimate of drug-likeness (QED) is 0.591. The summed E-state index contributed by atoms with van der Waals surface area (Å²) in [5, 5.41) is 5.20. The molecule has 9 nitrogen and oxygen atoms in total. The van der Waals surface area contributed by atoms with Crippen LogP contribution >= 0.6 is 23.2 Å². The minimum atomic E-state index is -0.0221. The normalized spacial score (nSPS) is 17.0. The van der Waals surface area contributed by atoms with Crippen LogP contribution in [0.1, 0.15) is 0 Å². The maximum atomic E-state index is 13.0. The lowest BCUT2D eigenvalue weighted by molar-refractivity contribution is -0.136. The van der Waals surface area contributed by atoms with Crippen molar-refractivity contribution in [2.24, 2.45) is 5.92 Å². The summed E-state index contributed by atoms with van der Waals surface area (Å²) >= 11 is 12.5. The van der Waals surface area contributed by atoms with E-state index in [0.717, 1.165) is 24.6 Å². The summed E-state index contributed by atoms with van der Waals surface area (Å²) < 4.78 is 1.58. The molecule has 0 saturated carbocycles. The van der Waals surface area contributed by atoms with Gasteiger partial charge in [-0.2, -0.15) is 5.10 Å². The predicted molar refractivity (Wildman–Crippen MR) is 118 cm³/mol. The number of piperazine rings is 1. The van der Waals surface area contributed by atoms with Gasteiger partial charge < -0.3 is 14.7 Å². The average Bonchev–Trinajstić information content (AvgIpc) is 3.30. The van der Waals surface area contributed by atoms with Crippen LogP contribution in [-0.4, -0.2) is 74.8 Å². The van der Waals surface area contributed by atoms with Gasteiger partial charge in [-0.25, -0.2) is 19.6 Å². The number of hydrogen-bond donors (Lipinski definition) is 0. The number of nitrogens with zero attached hydrogens (tertiary/aromatic N) is 8. The molecule has 0 bridgehead atoms. The first-order valence-electron chi connectivity index (χ1n) is 10.00. The van der Waals surface area contributed by atoms with Crippen molar-refractivity contribution in [2.75, 3.05) is 49.1 Å². The van der Waals surface area contributed by atoms with Gasteiger partial charge in [0.15, 0.2) is 5.82 Å². The van der Waals surface area contributed by atoms with Gasteiger partial charge in [0.05, 0.1) is 21.7 Å². The van der Waals surface area contributed by atoms with Gasteiger partial charge in [-0.3, -0.25) is 4.79 Å². The molecule has 1 amide bonds. The van der Waals surface area contributed by atoms with Crippen molar-refractivity contribution in [1.29, 1.82) is 0 Å². The number of halogens is 2. The molecule has 2 saturated heterocycles. The summed E-state index contributed by atoms with van der Waals surface area (Å²) in [5.41, 5.74) is 0.919. The molecule has 2 fully saturated rings. The SMILES string of the molecule is O=C(C1CN(c2cc(-n3cncn3)ncn2)C1)N1CCN(c2cccc(Cl)c2Cl)CC1. The van der Waals surface area contributed by atoms with Crippen molar-refractivity contribution < 1.29 is 4.79 Å². The van der Waals surface area contributed by atoms with Gasteiger partial charge in [0.1, 0.15) is 24.8 Å². The molecule has 3 aromatic rings. The Balaban J connectivity index is 1.16. The molecule has 2 aromatic heterocycles. The fourth-order valence-corrected chi connectivity index (χ4v) is 4.36. The fraction of sp³-hybridized carbons (Fsp3) is 0.350. The first-order valence-corrected chi connectivity index (χ1v) is 10.8. The monoisotopic (exact) mass is 458 g/mol. The molecule has 0 unspecified atom stereocenters. The lowest BCUT2D eigenvalue weighted by atomic mass is 9.98. The second-order valence-electron chi connectivity index (χ2n) is 7.56. The van der Waals surface area contributed by atoms with Crippen molar-refractivity contribution in [3.63, 3.8) is 0 Å². The zero-order valence-electron chi connectivity index (χ0n) is 16.6. The van der Waals surface area contributed by atoms with E-state index in [9.17, 15) is 4.79 Å². The molecule has 11 heteroatoms. The van der Waals surface area contributed by atoms with Crippen LogP contribution in [0.2, 0.25) is 10.0 Å². The summed E-state index contributed by atoms with van der Waals surface area (Å²) in [7, 11) is 0. The Morgan fingerprint density at radius 2 is 1.74 bits per heavy atom. The second kappa shape index (κ2) is 8.32. The third kappa shape index (κ3) is 3.90. The topological polar surface area (TPSA) is 83.3 Å². The minimum Gasteiger partial charge on any atom is -0.367 e. The summed E-state index contributed by atoms with van der Waals surface area (Å²) in [4.78, 5) is 31.6. The number of benzene rings is 1. The Bertz CT molecular complexity index is 1080. The van der Waals surface area contributed by atoms with Gasteiger partial charge in [-0.15, -0.1) is 0 Å². The maximum absolute atomic E-state index is 13.0. The third-order valence-electron chi connectivity index (χ3n) is 5.71. The van der Waals surface area contributed by atoms with Crippen molar-refractivity contribution >= 4 is 40.6 Å². The van der Waals surface area contributed by atoms with E-state index < -0.39 is 0 Å². The van der Waals surface area contributed by atoms with Crippen LogP contribution in [0.15, 0.2) is 43.2 Å². The highest BCUT2D eigenvalue weighted by Crippen LogP contribution is 2.33. The Labute approximate surface area is 189 Å². The van der Waals surface area contributed by atoms with Gasteiger partial charge in [0, 0.05) is 45.3 Å². The molecule has 0 aliphatic carbocycles. The molecule has 1 aromatic carbocycles. The van der Waals surface area contributed by atoms with Gasteiger partial charge >= 0.3 is 0 Å². The smallest absolute Gasteiger partial charge is 0.229 e. The summed E-state index contributed by atoms with van der Waals surface area (Å²) in [6.45, 7) is 4.09. The van der Waals surface area contributed by atoms with Crippen molar-refractivity contribution in [1.82, 2.24) is 29.6 Å². The van der Waals surface area contributed by atoms with E-state index in [1.807, 2.05) is 23.1 Å². The average molecular weight is 459 g/mol. The lowest BCUT2D eigenvalue weighted by Gasteiger charge is -2.43. The Hall–Kier alpha value is -2.91. The zero-order valence-corrected chi connectivity index (χ0v) is 18.1. The number of carbonyl (C=O) groups excluding carboxylic acids is 1. The van der Waals surface area contributed by atoms with Crippen LogP contribution in [0.25, 0.3) is 5.82 Å². The summed E-state index contributed by atoms with van der Waals surface area (Å²) in [5.74, 6) is 1.60. The first kappa shape index (κ1) is 20.0. The molecule has 0 radical (unpaired) electrons. The van der Waals surface area contributed by atoms with Crippen LogP contribution in [0.5, 0.6) is 0 Å². The number of aromatic nitrogens is 5. The number of amides is 1. The molecular formula is C20H20Cl2N8O. The lowest BCUT2D eigenvalue weighted by Crippen LogP contribution is -2.58. The molecule has 31 heavy (non-hydrogen) atoms. The molecule has 4 heterocycles. The number of carbonyl (C=O) groups is 1. The Kier molecular flexibility index (Phi) is 5.37.